The average molecular weight is 270 g/mol. The first-order valence-corrected chi connectivity index (χ1v) is 8.28. The molecule has 0 unspecified atom stereocenters. The van der Waals surface area contributed by atoms with E-state index >= 15 is 0 Å². The molecule has 0 aromatic rings. The summed E-state index contributed by atoms with van der Waals surface area (Å²) in [4.78, 5) is 11.5. The summed E-state index contributed by atoms with van der Waals surface area (Å²) in [7, 11) is 0. The molecule has 0 saturated carbocycles. The van der Waals surface area contributed by atoms with Gasteiger partial charge in [0, 0.05) is 6.54 Å². The maximum atomic E-state index is 11.5. The maximum Gasteiger partial charge on any atom is 0.233 e. The summed E-state index contributed by atoms with van der Waals surface area (Å²) < 4.78 is 0. The Bertz CT molecular complexity index is 195. The van der Waals surface area contributed by atoms with Crippen LogP contribution in [0.1, 0.15) is 78.1 Å². The first-order chi connectivity index (χ1) is 9.31. The molecule has 0 spiro atoms. The van der Waals surface area contributed by atoms with Gasteiger partial charge >= 0.3 is 0 Å². The van der Waals surface area contributed by atoms with Gasteiger partial charge in [0.25, 0.3) is 0 Å². The van der Waals surface area contributed by atoms with Crippen molar-refractivity contribution in [3.8, 4) is 0 Å². The molecule has 0 bridgehead atoms. The largest absolute Gasteiger partial charge is 0.355 e. The number of amides is 1. The third-order valence-corrected chi connectivity index (χ3v) is 3.35. The Morgan fingerprint density at radius 3 is 1.84 bits per heavy atom. The first-order valence-electron chi connectivity index (χ1n) is 8.28. The van der Waals surface area contributed by atoms with Crippen molar-refractivity contribution in [2.45, 2.75) is 78.1 Å². The SMILES string of the molecule is CCCCCCCNCC(=O)NCCCCCCC. The lowest BCUT2D eigenvalue weighted by molar-refractivity contribution is -0.120. The van der Waals surface area contributed by atoms with Crippen molar-refractivity contribution in [1.82, 2.24) is 10.6 Å². The minimum Gasteiger partial charge on any atom is -0.355 e. The van der Waals surface area contributed by atoms with Crippen LogP contribution in [0.5, 0.6) is 0 Å². The minimum absolute atomic E-state index is 0.143. The lowest BCUT2D eigenvalue weighted by Gasteiger charge is -2.06. The van der Waals surface area contributed by atoms with Crippen LogP contribution in [0.4, 0.5) is 0 Å². The van der Waals surface area contributed by atoms with Crippen molar-refractivity contribution in [2.75, 3.05) is 19.6 Å². The quantitative estimate of drug-likeness (QED) is 0.473. The van der Waals surface area contributed by atoms with Crippen LogP contribution in [0, 0.1) is 0 Å². The molecule has 1 amide bonds. The van der Waals surface area contributed by atoms with Gasteiger partial charge in [0.05, 0.1) is 6.54 Å². The summed E-state index contributed by atoms with van der Waals surface area (Å²) in [5.74, 6) is 0.143. The second kappa shape index (κ2) is 15.5. The zero-order valence-electron chi connectivity index (χ0n) is 13.1. The monoisotopic (exact) mass is 270 g/mol. The van der Waals surface area contributed by atoms with Crippen LogP contribution in [0.3, 0.4) is 0 Å². The predicted octanol–water partition coefficient (Wildman–Crippen LogP) is 3.63. The van der Waals surface area contributed by atoms with Crippen LogP contribution in [-0.4, -0.2) is 25.5 Å². The summed E-state index contributed by atoms with van der Waals surface area (Å²) in [6, 6.07) is 0. The Hall–Kier alpha value is -0.570. The van der Waals surface area contributed by atoms with E-state index in [9.17, 15) is 4.79 Å². The highest BCUT2D eigenvalue weighted by Crippen LogP contribution is 2.01. The molecule has 0 aliphatic heterocycles. The third kappa shape index (κ3) is 15.4. The Labute approximate surface area is 119 Å². The third-order valence-electron chi connectivity index (χ3n) is 3.35. The summed E-state index contributed by atoms with van der Waals surface area (Å²) in [5, 5.41) is 6.18. The van der Waals surface area contributed by atoms with E-state index in [4.69, 9.17) is 0 Å². The van der Waals surface area contributed by atoms with Gasteiger partial charge in [0.2, 0.25) is 5.91 Å². The molecule has 0 aromatic carbocycles. The van der Waals surface area contributed by atoms with Crippen LogP contribution in [-0.2, 0) is 4.79 Å². The van der Waals surface area contributed by atoms with Crippen LogP contribution >= 0.6 is 0 Å². The van der Waals surface area contributed by atoms with Gasteiger partial charge in [-0.15, -0.1) is 0 Å². The van der Waals surface area contributed by atoms with E-state index in [-0.39, 0.29) is 5.91 Å². The number of hydrogen-bond donors (Lipinski definition) is 2. The van der Waals surface area contributed by atoms with Gasteiger partial charge < -0.3 is 10.6 Å². The Kier molecular flexibility index (Phi) is 15.0. The molecule has 0 aromatic heterocycles. The van der Waals surface area contributed by atoms with Crippen LogP contribution in [0.15, 0.2) is 0 Å². The molecule has 0 rings (SSSR count). The van der Waals surface area contributed by atoms with Gasteiger partial charge in [-0.3, -0.25) is 4.79 Å². The average Bonchev–Trinajstić information content (AvgIpc) is 2.41. The molecular formula is C16H34N2O. The standard InChI is InChI=1S/C16H34N2O/c1-3-5-7-9-11-13-17-15-16(19)18-14-12-10-8-6-4-2/h17H,3-15H2,1-2H3,(H,18,19). The van der Waals surface area contributed by atoms with Gasteiger partial charge in [-0.05, 0) is 19.4 Å². The molecule has 114 valence electrons. The highest BCUT2D eigenvalue weighted by molar-refractivity contribution is 5.77. The number of hydrogen-bond acceptors (Lipinski definition) is 2. The summed E-state index contributed by atoms with van der Waals surface area (Å²) in [5.41, 5.74) is 0. The van der Waals surface area contributed by atoms with Crippen molar-refractivity contribution in [3.05, 3.63) is 0 Å². The highest BCUT2D eigenvalue weighted by Gasteiger charge is 1.99. The number of carbonyl (C=O) groups is 1. The fraction of sp³-hybridized carbons (Fsp3) is 0.938. The van der Waals surface area contributed by atoms with E-state index in [0.29, 0.717) is 6.54 Å². The zero-order chi connectivity index (χ0) is 14.2. The van der Waals surface area contributed by atoms with Crippen LogP contribution in [0.25, 0.3) is 0 Å². The van der Waals surface area contributed by atoms with E-state index in [1.165, 1.54) is 57.8 Å². The van der Waals surface area contributed by atoms with E-state index in [1.54, 1.807) is 0 Å². The molecule has 3 heteroatoms. The Morgan fingerprint density at radius 2 is 1.26 bits per heavy atom. The number of rotatable bonds is 14. The molecule has 0 heterocycles. The van der Waals surface area contributed by atoms with Crippen molar-refractivity contribution < 1.29 is 4.79 Å². The van der Waals surface area contributed by atoms with E-state index in [2.05, 4.69) is 24.5 Å². The fourth-order valence-electron chi connectivity index (χ4n) is 2.07. The molecular weight excluding hydrogens is 236 g/mol. The number of carbonyl (C=O) groups excluding carboxylic acids is 1. The second-order valence-electron chi connectivity index (χ2n) is 5.36. The topological polar surface area (TPSA) is 41.1 Å². The van der Waals surface area contributed by atoms with E-state index in [1.807, 2.05) is 0 Å². The molecule has 0 saturated heterocycles. The molecule has 0 atom stereocenters. The molecule has 0 radical (unpaired) electrons. The summed E-state index contributed by atoms with van der Waals surface area (Å²) in [6.07, 6.45) is 12.6. The van der Waals surface area contributed by atoms with Gasteiger partial charge in [0.1, 0.15) is 0 Å². The van der Waals surface area contributed by atoms with Crippen LogP contribution < -0.4 is 10.6 Å². The smallest absolute Gasteiger partial charge is 0.233 e. The number of unbranched alkanes of at least 4 members (excludes halogenated alkanes) is 8. The fourth-order valence-corrected chi connectivity index (χ4v) is 2.07. The Morgan fingerprint density at radius 1 is 0.737 bits per heavy atom. The van der Waals surface area contributed by atoms with Crippen molar-refractivity contribution >= 4 is 5.91 Å². The van der Waals surface area contributed by atoms with E-state index < -0.39 is 0 Å². The van der Waals surface area contributed by atoms with Crippen molar-refractivity contribution in [3.63, 3.8) is 0 Å². The van der Waals surface area contributed by atoms with Crippen molar-refractivity contribution in [2.24, 2.45) is 0 Å². The van der Waals surface area contributed by atoms with Crippen LogP contribution in [0.2, 0.25) is 0 Å². The number of nitrogens with one attached hydrogen (secondary N) is 2. The first kappa shape index (κ1) is 18.4. The van der Waals surface area contributed by atoms with Crippen molar-refractivity contribution in [1.29, 1.82) is 0 Å². The van der Waals surface area contributed by atoms with Gasteiger partial charge in [-0.25, -0.2) is 0 Å². The predicted molar refractivity (Wildman–Crippen MR) is 83.4 cm³/mol. The molecule has 0 aliphatic carbocycles. The Balaban J connectivity index is 3.13. The second-order valence-corrected chi connectivity index (χ2v) is 5.36. The summed E-state index contributed by atoms with van der Waals surface area (Å²) >= 11 is 0. The lowest BCUT2D eigenvalue weighted by Crippen LogP contribution is -2.34. The van der Waals surface area contributed by atoms with E-state index in [0.717, 1.165) is 19.5 Å². The lowest BCUT2D eigenvalue weighted by atomic mass is 10.1. The minimum atomic E-state index is 0.143. The molecule has 19 heavy (non-hydrogen) atoms. The van der Waals surface area contributed by atoms with Gasteiger partial charge in [0.15, 0.2) is 0 Å². The zero-order valence-corrected chi connectivity index (χ0v) is 13.1. The normalized spacial score (nSPS) is 10.6. The highest BCUT2D eigenvalue weighted by atomic mass is 16.1. The molecule has 2 N–H and O–H groups in total. The molecule has 3 nitrogen and oxygen atoms in total. The van der Waals surface area contributed by atoms with Gasteiger partial charge in [-0.1, -0.05) is 65.2 Å². The van der Waals surface area contributed by atoms with Gasteiger partial charge in [-0.2, -0.15) is 0 Å². The molecule has 0 fully saturated rings. The summed E-state index contributed by atoms with van der Waals surface area (Å²) in [6.45, 7) is 6.72. The maximum absolute atomic E-state index is 11.5. The molecule has 0 aliphatic rings.